The quantitative estimate of drug-likeness (QED) is 0.00689. The lowest BCUT2D eigenvalue weighted by Crippen LogP contribution is -2.46. The fourth-order valence-electron chi connectivity index (χ4n) is 7.40. The molecular formula is C37H46NO31P7. The lowest BCUT2D eigenvalue weighted by Gasteiger charge is -2.33. The molecule has 7 N–H and O–H groups in total. The normalized spacial score (nSPS) is 21.5. The van der Waals surface area contributed by atoms with Crippen LogP contribution in [0.15, 0.2) is 60.7 Å². The van der Waals surface area contributed by atoms with Gasteiger partial charge in [0, 0.05) is 16.5 Å². The van der Waals surface area contributed by atoms with Crippen LogP contribution in [0, 0.1) is 0 Å². The number of phosphoric ester groups is 7. The number of phosphoric acid groups is 7. The van der Waals surface area contributed by atoms with Crippen LogP contribution in [0.5, 0.6) is 0 Å². The van der Waals surface area contributed by atoms with Crippen LogP contribution in [0.4, 0.5) is 0 Å². The van der Waals surface area contributed by atoms with E-state index in [9.17, 15) is 66.0 Å². The van der Waals surface area contributed by atoms with Crippen molar-refractivity contribution in [1.29, 1.82) is 0 Å². The van der Waals surface area contributed by atoms with Crippen LogP contribution < -0.4 is 0 Å². The third kappa shape index (κ3) is 16.7. The summed E-state index contributed by atoms with van der Waals surface area (Å²) in [5, 5.41) is 7.09. The maximum absolute atomic E-state index is 14.0. The van der Waals surface area contributed by atoms with Gasteiger partial charge in [0.1, 0.15) is 12.7 Å². The number of hydrogen-bond donors (Lipinski definition) is 7. The SMILES string of the molecule is O=C1c2ccc3c4cccc5cccc(c6ccc(c2c36)C(=O)N1CC1COOP(=O)(OCCOP(=O)(O)OCCOP(=O)(O)OCCOP(=O)(O)OCCOP(=O)(O)OCCOP(=O)(O)OCCOP(=O)(O)O)O1)c54. The van der Waals surface area contributed by atoms with E-state index < -0.39 is 159 Å². The van der Waals surface area contributed by atoms with Gasteiger partial charge >= 0.3 is 54.8 Å². The molecule has 0 bridgehead atoms. The van der Waals surface area contributed by atoms with Crippen LogP contribution in [-0.2, 0) is 100 Å². The molecule has 0 saturated carbocycles. The van der Waals surface area contributed by atoms with Crippen molar-refractivity contribution in [3.63, 3.8) is 0 Å². The Labute approximate surface area is 427 Å². The van der Waals surface area contributed by atoms with Gasteiger partial charge in [0.25, 0.3) is 11.8 Å². The minimum atomic E-state index is -4.94. The van der Waals surface area contributed by atoms with Crippen molar-refractivity contribution in [3.8, 4) is 0 Å². The summed E-state index contributed by atoms with van der Waals surface area (Å²) in [5.41, 5.74) is 0.543. The largest absolute Gasteiger partial charge is 0.502 e. The second-order valence-electron chi connectivity index (χ2n) is 15.4. The van der Waals surface area contributed by atoms with E-state index in [0.29, 0.717) is 5.39 Å². The number of carbonyl (C=O) groups excluding carboxylic acids is 2. The average molecular weight is 1220 g/mol. The van der Waals surface area contributed by atoms with E-state index in [0.717, 1.165) is 42.6 Å². The van der Waals surface area contributed by atoms with Gasteiger partial charge in [0.2, 0.25) is 0 Å². The molecule has 0 spiro atoms. The van der Waals surface area contributed by atoms with Crippen molar-refractivity contribution in [3.05, 3.63) is 71.8 Å². The van der Waals surface area contributed by atoms with E-state index in [1.165, 1.54) is 0 Å². The second kappa shape index (κ2) is 25.4. The highest BCUT2D eigenvalue weighted by Gasteiger charge is 2.42. The average Bonchev–Trinajstić information content (AvgIpc) is 3.34. The summed E-state index contributed by atoms with van der Waals surface area (Å²) in [7, 11) is -33.9. The van der Waals surface area contributed by atoms with Crippen LogP contribution >= 0.6 is 54.8 Å². The first-order valence-electron chi connectivity index (χ1n) is 21.7. The summed E-state index contributed by atoms with van der Waals surface area (Å²) in [6, 6.07) is 18.9. The standard InChI is InChI=1S/C37H46NO31P7/c39-36-31-9-7-29-27-5-1-3-25-4-2-6-28(33(25)27)30-8-10-32(35(31)34(29)30)37(40)38(36)23-26-24-55-69-76(54,68-26)67-22-21-66-75(52,53)65-20-19-64-74(50,51)63-18-17-62-73(48,49)61-16-15-60-72(46,47)59-14-13-58-71(44,45)57-12-11-56-70(41,42)43/h1-10,26H,11-24H2,(H,44,45)(H,46,47)(H,48,49)(H,50,51)(H,52,53)(H2,41,42,43). The zero-order chi connectivity index (χ0) is 55.2. The Morgan fingerprint density at radius 3 is 1.21 bits per heavy atom. The van der Waals surface area contributed by atoms with Crippen molar-refractivity contribution >= 4 is 110 Å². The molecular weight excluding hydrogens is 1170 g/mol. The number of carbonyl (C=O) groups is 2. The molecule has 5 aromatic carbocycles. The van der Waals surface area contributed by atoms with Crippen molar-refractivity contribution < 1.29 is 144 Å². The topological polar surface area (TPSA) is 437 Å². The minimum Gasteiger partial charge on any atom is -0.303 e. The maximum atomic E-state index is 14.0. The highest BCUT2D eigenvalue weighted by atomic mass is 31.2. The Bertz CT molecular complexity index is 3160. The number of rotatable bonds is 32. The molecule has 7 rings (SSSR count). The second-order valence-corrected chi connectivity index (χ2v) is 25.4. The number of amides is 2. The fourth-order valence-corrected chi connectivity index (χ4v) is 12.3. The Kier molecular flexibility index (Phi) is 20.3. The van der Waals surface area contributed by atoms with Gasteiger partial charge in [-0.15, -0.1) is 4.67 Å². The molecule has 420 valence electrons. The molecule has 0 radical (unpaired) electrons. The predicted octanol–water partition coefficient (Wildman–Crippen LogP) is 5.58. The molecule has 76 heavy (non-hydrogen) atoms. The van der Waals surface area contributed by atoms with Gasteiger partial charge in [-0.3, -0.25) is 73.3 Å². The van der Waals surface area contributed by atoms with E-state index in [4.69, 9.17) is 32.9 Å². The van der Waals surface area contributed by atoms with E-state index in [1.54, 1.807) is 12.1 Å². The Hall–Kier alpha value is -2.73. The highest BCUT2D eigenvalue weighted by Crippen LogP contribution is 2.54. The van der Waals surface area contributed by atoms with Crippen molar-refractivity contribution in [2.24, 2.45) is 0 Å². The van der Waals surface area contributed by atoms with E-state index in [-0.39, 0.29) is 17.7 Å². The summed E-state index contributed by atoms with van der Waals surface area (Å²) < 4.78 is 148. The highest BCUT2D eigenvalue weighted by molar-refractivity contribution is 7.49. The molecule has 0 aromatic heterocycles. The van der Waals surface area contributed by atoms with Gasteiger partial charge in [0.15, 0.2) is 0 Å². The van der Waals surface area contributed by atoms with Gasteiger partial charge in [-0.2, -0.15) is 0 Å². The number of fused-ring (bicyclic) bond motifs is 2. The molecule has 0 aliphatic carbocycles. The third-order valence-electron chi connectivity index (χ3n) is 10.2. The summed E-state index contributed by atoms with van der Waals surface area (Å²) in [6.07, 6.45) is -1.21. The minimum absolute atomic E-state index is 0.272. The lowest BCUT2D eigenvalue weighted by atomic mass is 9.85. The molecule has 7 unspecified atom stereocenters. The van der Waals surface area contributed by atoms with Crippen LogP contribution in [0.1, 0.15) is 20.7 Å². The first-order valence-corrected chi connectivity index (χ1v) is 32.2. The van der Waals surface area contributed by atoms with Crippen LogP contribution in [-0.4, -0.2) is 150 Å². The van der Waals surface area contributed by atoms with Crippen LogP contribution in [0.2, 0.25) is 0 Å². The smallest absolute Gasteiger partial charge is 0.303 e. The molecule has 2 amide bonds. The number of nitrogens with zero attached hydrogens (tertiary/aromatic N) is 1. The molecule has 2 aliphatic rings. The zero-order valence-corrected chi connectivity index (χ0v) is 45.0. The molecule has 7 atom stereocenters. The number of benzene rings is 5. The molecule has 39 heteroatoms. The van der Waals surface area contributed by atoms with E-state index in [1.807, 2.05) is 48.5 Å². The molecule has 32 nitrogen and oxygen atoms in total. The first kappa shape index (κ1) is 60.9. The zero-order valence-electron chi connectivity index (χ0n) is 38.8. The van der Waals surface area contributed by atoms with Gasteiger partial charge in [0.05, 0.1) is 85.8 Å². The number of imide groups is 1. The van der Waals surface area contributed by atoms with Gasteiger partial charge in [-0.05, 0) is 49.8 Å². The molecule has 5 aromatic rings. The molecule has 1 fully saturated rings. The van der Waals surface area contributed by atoms with E-state index in [2.05, 4.69) is 45.2 Å². The lowest BCUT2D eigenvalue weighted by molar-refractivity contribution is -0.269. The monoisotopic (exact) mass is 1220 g/mol. The Balaban J connectivity index is 0.752. The summed E-state index contributed by atoms with van der Waals surface area (Å²) >= 11 is 0. The summed E-state index contributed by atoms with van der Waals surface area (Å²) in [4.78, 5) is 99.5. The van der Waals surface area contributed by atoms with Gasteiger partial charge < -0.3 is 34.3 Å². The Morgan fingerprint density at radius 1 is 0.474 bits per heavy atom. The molecule has 2 heterocycles. The maximum Gasteiger partial charge on any atom is 0.502 e. The fraction of sp³-hybridized carbons (Fsp3) is 0.405. The molecule has 2 aliphatic heterocycles. The van der Waals surface area contributed by atoms with Crippen LogP contribution in [0.3, 0.4) is 0 Å². The van der Waals surface area contributed by atoms with Gasteiger partial charge in [-0.1, -0.05) is 48.5 Å². The molecule has 1 saturated heterocycles. The van der Waals surface area contributed by atoms with Crippen molar-refractivity contribution in [2.45, 2.75) is 6.10 Å². The Morgan fingerprint density at radius 2 is 0.829 bits per heavy atom. The van der Waals surface area contributed by atoms with Crippen molar-refractivity contribution in [1.82, 2.24) is 4.90 Å². The van der Waals surface area contributed by atoms with E-state index >= 15 is 0 Å². The van der Waals surface area contributed by atoms with Crippen molar-refractivity contribution in [2.75, 3.05) is 92.4 Å². The third-order valence-corrected chi connectivity index (χ3v) is 17.2. The van der Waals surface area contributed by atoms with Gasteiger partial charge in [-0.25, -0.2) is 36.8 Å². The first-order chi connectivity index (χ1) is 35.7. The predicted molar refractivity (Wildman–Crippen MR) is 255 cm³/mol. The summed E-state index contributed by atoms with van der Waals surface area (Å²) in [6.45, 7) is -10.7. The number of hydrogen-bond acceptors (Lipinski definition) is 24. The summed E-state index contributed by atoms with van der Waals surface area (Å²) in [5.74, 6) is -1.26. The van der Waals surface area contributed by atoms with Crippen LogP contribution in [0.25, 0.3) is 43.1 Å².